The predicted octanol–water partition coefficient (Wildman–Crippen LogP) is 0.413. The van der Waals surface area contributed by atoms with E-state index >= 15 is 0 Å². The molecule has 1 aliphatic rings. The third-order valence-electron chi connectivity index (χ3n) is 2.42. The van der Waals surface area contributed by atoms with Crippen LogP contribution in [0.25, 0.3) is 0 Å². The lowest BCUT2D eigenvalue weighted by molar-refractivity contribution is -0.861. The fourth-order valence-electron chi connectivity index (χ4n) is 1.50. The highest BCUT2D eigenvalue weighted by molar-refractivity contribution is 4.67. The lowest BCUT2D eigenvalue weighted by Crippen LogP contribution is -3.08. The topological polar surface area (TPSA) is 7.68 Å². The van der Waals surface area contributed by atoms with E-state index in [9.17, 15) is 0 Å². The summed E-state index contributed by atoms with van der Waals surface area (Å²) in [4.78, 5) is 3.76. The van der Waals surface area contributed by atoms with Crippen LogP contribution in [0.2, 0.25) is 0 Å². The SMILES string of the molecule is CC.[CH2-][NH+](C)C1CCN(C)CC1. The summed E-state index contributed by atoms with van der Waals surface area (Å²) in [6.07, 6.45) is 2.62. The van der Waals surface area contributed by atoms with Crippen molar-refractivity contribution in [1.82, 2.24) is 4.90 Å². The zero-order chi connectivity index (χ0) is 9.56. The Morgan fingerprint density at radius 2 is 1.67 bits per heavy atom. The van der Waals surface area contributed by atoms with E-state index in [1.807, 2.05) is 13.8 Å². The Balaban J connectivity index is 0.000000561. The van der Waals surface area contributed by atoms with Crippen molar-refractivity contribution in [3.8, 4) is 0 Å². The number of piperidine rings is 1. The average Bonchev–Trinajstić information content (AvgIpc) is 2.09. The van der Waals surface area contributed by atoms with Crippen molar-refractivity contribution in [2.45, 2.75) is 32.7 Å². The molecule has 12 heavy (non-hydrogen) atoms. The van der Waals surface area contributed by atoms with Gasteiger partial charge in [-0.05, 0) is 7.05 Å². The van der Waals surface area contributed by atoms with Gasteiger partial charge in [0.05, 0.1) is 6.04 Å². The third-order valence-corrected chi connectivity index (χ3v) is 2.42. The second-order valence-corrected chi connectivity index (χ2v) is 3.42. The zero-order valence-electron chi connectivity index (χ0n) is 9.06. The van der Waals surface area contributed by atoms with Gasteiger partial charge in [0.1, 0.15) is 0 Å². The van der Waals surface area contributed by atoms with E-state index < -0.39 is 0 Å². The monoisotopic (exact) mass is 172 g/mol. The highest BCUT2D eigenvalue weighted by Gasteiger charge is 2.18. The van der Waals surface area contributed by atoms with Crippen molar-refractivity contribution in [2.24, 2.45) is 0 Å². The number of hydrogen-bond acceptors (Lipinski definition) is 1. The van der Waals surface area contributed by atoms with Crippen molar-refractivity contribution in [2.75, 3.05) is 27.2 Å². The number of nitrogens with zero attached hydrogens (tertiary/aromatic N) is 1. The first-order valence-electron chi connectivity index (χ1n) is 5.04. The van der Waals surface area contributed by atoms with Gasteiger partial charge in [-0.1, -0.05) is 13.8 Å². The molecule has 1 fully saturated rings. The van der Waals surface area contributed by atoms with Gasteiger partial charge in [0.15, 0.2) is 0 Å². The van der Waals surface area contributed by atoms with Crippen LogP contribution in [0.5, 0.6) is 0 Å². The van der Waals surface area contributed by atoms with Gasteiger partial charge in [0.2, 0.25) is 0 Å². The Labute approximate surface area is 77.5 Å². The number of hydrogen-bond donors (Lipinski definition) is 1. The number of nitrogens with one attached hydrogen (secondary N) is 1. The summed E-state index contributed by atoms with van der Waals surface area (Å²) >= 11 is 0. The molecule has 1 atom stereocenters. The second-order valence-electron chi connectivity index (χ2n) is 3.42. The number of rotatable bonds is 1. The summed E-state index contributed by atoms with van der Waals surface area (Å²) in [6, 6.07) is 0.802. The quantitative estimate of drug-likeness (QED) is 0.563. The van der Waals surface area contributed by atoms with Gasteiger partial charge in [0, 0.05) is 33.0 Å². The molecule has 1 heterocycles. The largest absolute Gasteiger partial charge is 0.468 e. The maximum absolute atomic E-state index is 3.99. The van der Waals surface area contributed by atoms with Crippen LogP contribution in [0.3, 0.4) is 0 Å². The lowest BCUT2D eigenvalue weighted by atomic mass is 10.1. The van der Waals surface area contributed by atoms with Crippen LogP contribution in [0, 0.1) is 7.05 Å². The van der Waals surface area contributed by atoms with Crippen molar-refractivity contribution < 1.29 is 4.90 Å². The minimum Gasteiger partial charge on any atom is -0.468 e. The van der Waals surface area contributed by atoms with E-state index in [4.69, 9.17) is 0 Å². The van der Waals surface area contributed by atoms with Crippen LogP contribution < -0.4 is 4.90 Å². The Morgan fingerprint density at radius 3 is 2.00 bits per heavy atom. The van der Waals surface area contributed by atoms with E-state index in [-0.39, 0.29) is 0 Å². The smallest absolute Gasteiger partial charge is 0.0657 e. The molecule has 0 saturated carbocycles. The molecule has 0 aliphatic carbocycles. The molecule has 0 aromatic carbocycles. The molecule has 74 valence electrons. The van der Waals surface area contributed by atoms with Crippen molar-refractivity contribution >= 4 is 0 Å². The molecule has 1 unspecified atom stereocenters. The molecule has 2 nitrogen and oxygen atoms in total. The van der Waals surface area contributed by atoms with E-state index in [1.54, 1.807) is 0 Å². The standard InChI is InChI=1S/C8H18N2.C2H6/c1-9(2)8-4-6-10(3)7-5-8;1-2/h8-9H,1,4-7H2,2-3H3;1-2H3. The van der Waals surface area contributed by atoms with Gasteiger partial charge in [0.25, 0.3) is 0 Å². The molecular weight excluding hydrogens is 148 g/mol. The Kier molecular flexibility index (Phi) is 6.39. The summed E-state index contributed by atoms with van der Waals surface area (Å²) in [5.41, 5.74) is 0. The molecule has 0 amide bonds. The summed E-state index contributed by atoms with van der Waals surface area (Å²) in [7, 11) is 8.32. The maximum atomic E-state index is 3.99. The van der Waals surface area contributed by atoms with Crippen molar-refractivity contribution in [1.29, 1.82) is 0 Å². The molecule has 1 N–H and O–H groups in total. The van der Waals surface area contributed by atoms with E-state index in [0.29, 0.717) is 0 Å². The molecule has 0 aromatic rings. The number of likely N-dealkylation sites (tertiary alicyclic amines) is 1. The van der Waals surface area contributed by atoms with Crippen LogP contribution in [0.1, 0.15) is 26.7 Å². The molecule has 0 spiro atoms. The summed E-state index contributed by atoms with van der Waals surface area (Å²) < 4.78 is 0. The van der Waals surface area contributed by atoms with Gasteiger partial charge in [-0.25, -0.2) is 0 Å². The van der Waals surface area contributed by atoms with E-state index in [2.05, 4.69) is 26.0 Å². The average molecular weight is 172 g/mol. The molecule has 1 saturated heterocycles. The minimum atomic E-state index is 0.802. The van der Waals surface area contributed by atoms with Gasteiger partial charge in [-0.3, -0.25) is 0 Å². The zero-order valence-corrected chi connectivity index (χ0v) is 9.06. The van der Waals surface area contributed by atoms with Crippen LogP contribution >= 0.6 is 0 Å². The maximum Gasteiger partial charge on any atom is 0.0657 e. The summed E-state index contributed by atoms with van der Waals surface area (Å²) in [5, 5.41) is 0. The minimum absolute atomic E-state index is 0.802. The Hall–Kier alpha value is -0.0800. The van der Waals surface area contributed by atoms with Gasteiger partial charge in [-0.2, -0.15) is 7.05 Å². The van der Waals surface area contributed by atoms with E-state index in [0.717, 1.165) is 6.04 Å². The van der Waals surface area contributed by atoms with Gasteiger partial charge in [-0.15, -0.1) is 0 Å². The molecule has 0 radical (unpaired) electrons. The molecule has 2 heteroatoms. The Bertz CT molecular complexity index is 94.0. The normalized spacial score (nSPS) is 22.8. The van der Waals surface area contributed by atoms with E-state index in [1.165, 1.54) is 30.8 Å². The first kappa shape index (κ1) is 11.9. The highest BCUT2D eigenvalue weighted by Crippen LogP contribution is 2.04. The fraction of sp³-hybridized carbons (Fsp3) is 0.900. The van der Waals surface area contributed by atoms with Crippen LogP contribution in [0.15, 0.2) is 0 Å². The number of quaternary nitrogens is 1. The Morgan fingerprint density at radius 1 is 1.25 bits per heavy atom. The van der Waals surface area contributed by atoms with Gasteiger partial charge < -0.3 is 9.80 Å². The summed E-state index contributed by atoms with van der Waals surface area (Å²) in [6.45, 7) is 6.50. The first-order valence-corrected chi connectivity index (χ1v) is 5.04. The molecule has 0 bridgehead atoms. The second kappa shape index (κ2) is 6.44. The highest BCUT2D eigenvalue weighted by atomic mass is 15.2. The first-order chi connectivity index (χ1) is 5.70. The third kappa shape index (κ3) is 4.07. The molecule has 1 aliphatic heterocycles. The van der Waals surface area contributed by atoms with Crippen LogP contribution in [-0.2, 0) is 0 Å². The predicted molar refractivity (Wildman–Crippen MR) is 54.1 cm³/mol. The molecular formula is C10H24N2. The molecule has 1 rings (SSSR count). The van der Waals surface area contributed by atoms with Crippen molar-refractivity contribution in [3.63, 3.8) is 0 Å². The van der Waals surface area contributed by atoms with Crippen molar-refractivity contribution in [3.05, 3.63) is 7.05 Å². The summed E-state index contributed by atoms with van der Waals surface area (Å²) in [5.74, 6) is 0. The molecule has 0 aromatic heterocycles. The lowest BCUT2D eigenvalue weighted by Gasteiger charge is -2.34. The fourth-order valence-corrected chi connectivity index (χ4v) is 1.50. The van der Waals surface area contributed by atoms with Gasteiger partial charge >= 0.3 is 0 Å². The van der Waals surface area contributed by atoms with Crippen LogP contribution in [0.4, 0.5) is 0 Å². The van der Waals surface area contributed by atoms with Crippen LogP contribution in [-0.4, -0.2) is 38.1 Å².